The van der Waals surface area contributed by atoms with E-state index in [-0.39, 0.29) is 35.2 Å². The van der Waals surface area contributed by atoms with Crippen molar-refractivity contribution < 1.29 is 32.2 Å². The van der Waals surface area contributed by atoms with E-state index in [0.717, 1.165) is 21.0 Å². The fourth-order valence-electron chi connectivity index (χ4n) is 5.33. The maximum absolute atomic E-state index is 14.6. The number of aryl methyl sites for hydroxylation is 1. The van der Waals surface area contributed by atoms with Crippen molar-refractivity contribution in [3.63, 3.8) is 0 Å². The summed E-state index contributed by atoms with van der Waals surface area (Å²) in [6, 6.07) is 26.9. The van der Waals surface area contributed by atoms with Gasteiger partial charge in [-0.15, -0.1) is 0 Å². The summed E-state index contributed by atoms with van der Waals surface area (Å²) in [5.74, 6) is 0.241. The standard InChI is InChI=1S/C37H43N3O7S/c1-6-38-37(42)33(23-28-14-9-8-10-15-28)39(25-29-16-12-11-13-27(29)3)36(41)26-40(30-17-19-31(20-18-30)47-7-2)48(43,44)32-21-22-34(45-4)35(24-32)46-5/h8-22,24,33H,6-7,23,25-26H2,1-5H3,(H,38,42)/t33-/m0/s1. The molecular weight excluding hydrogens is 630 g/mol. The third-order valence-electron chi connectivity index (χ3n) is 7.88. The molecule has 4 rings (SSSR count). The first-order valence-electron chi connectivity index (χ1n) is 15.8. The number of carbonyl (C=O) groups is 2. The number of rotatable bonds is 16. The van der Waals surface area contributed by atoms with Gasteiger partial charge in [0.15, 0.2) is 11.5 Å². The van der Waals surface area contributed by atoms with Crippen LogP contribution in [0.4, 0.5) is 5.69 Å². The minimum absolute atomic E-state index is 0.0909. The van der Waals surface area contributed by atoms with Gasteiger partial charge in [-0.25, -0.2) is 8.42 Å². The zero-order valence-corrected chi connectivity index (χ0v) is 28.8. The Balaban J connectivity index is 1.83. The van der Waals surface area contributed by atoms with Crippen molar-refractivity contribution in [3.8, 4) is 17.2 Å². The van der Waals surface area contributed by atoms with Crippen molar-refractivity contribution in [2.45, 2.75) is 44.7 Å². The molecule has 0 aliphatic carbocycles. The second-order valence-electron chi connectivity index (χ2n) is 11.0. The number of hydrogen-bond acceptors (Lipinski definition) is 7. The maximum atomic E-state index is 14.6. The van der Waals surface area contributed by atoms with E-state index in [1.807, 2.05) is 75.4 Å². The number of anilines is 1. The molecule has 0 aliphatic heterocycles. The molecule has 10 nitrogen and oxygen atoms in total. The molecule has 0 unspecified atom stereocenters. The number of methoxy groups -OCH3 is 2. The summed E-state index contributed by atoms with van der Waals surface area (Å²) in [6.07, 6.45) is 0.232. The number of ether oxygens (including phenoxy) is 3. The second kappa shape index (κ2) is 16.7. The Morgan fingerprint density at radius 3 is 2.12 bits per heavy atom. The van der Waals surface area contributed by atoms with E-state index in [9.17, 15) is 18.0 Å². The smallest absolute Gasteiger partial charge is 0.264 e. The van der Waals surface area contributed by atoms with Crippen molar-refractivity contribution in [1.29, 1.82) is 0 Å². The van der Waals surface area contributed by atoms with Crippen LogP contribution >= 0.6 is 0 Å². The summed E-state index contributed by atoms with van der Waals surface area (Å²) in [4.78, 5) is 29.7. The van der Waals surface area contributed by atoms with E-state index in [4.69, 9.17) is 14.2 Å². The van der Waals surface area contributed by atoms with Gasteiger partial charge in [-0.2, -0.15) is 0 Å². The van der Waals surface area contributed by atoms with Crippen LogP contribution in [0.25, 0.3) is 0 Å². The number of hydrogen-bond donors (Lipinski definition) is 1. The Morgan fingerprint density at radius 2 is 1.50 bits per heavy atom. The molecule has 4 aromatic rings. The third kappa shape index (κ3) is 8.65. The lowest BCUT2D eigenvalue weighted by Gasteiger charge is -2.34. The molecule has 0 heterocycles. The van der Waals surface area contributed by atoms with E-state index in [1.165, 1.54) is 37.3 Å². The van der Waals surface area contributed by atoms with Crippen LogP contribution in [-0.2, 0) is 32.6 Å². The molecule has 0 saturated carbocycles. The number of carbonyl (C=O) groups excluding carboxylic acids is 2. The Hall–Kier alpha value is -5.03. The normalized spacial score (nSPS) is 11.7. The molecule has 1 N–H and O–H groups in total. The van der Waals surface area contributed by atoms with Crippen molar-refractivity contribution in [2.75, 3.05) is 38.2 Å². The Bertz CT molecular complexity index is 1780. The lowest BCUT2D eigenvalue weighted by atomic mass is 10.0. The van der Waals surface area contributed by atoms with E-state index in [1.54, 1.807) is 24.3 Å². The molecule has 0 aromatic heterocycles. The van der Waals surface area contributed by atoms with Crippen molar-refractivity contribution in [3.05, 3.63) is 114 Å². The highest BCUT2D eigenvalue weighted by molar-refractivity contribution is 7.92. The van der Waals surface area contributed by atoms with Gasteiger partial charge in [0.1, 0.15) is 18.3 Å². The summed E-state index contributed by atoms with van der Waals surface area (Å²) in [5, 5.41) is 2.88. The largest absolute Gasteiger partial charge is 0.494 e. The monoisotopic (exact) mass is 673 g/mol. The van der Waals surface area contributed by atoms with Crippen LogP contribution in [0.5, 0.6) is 17.2 Å². The minimum atomic E-state index is -4.35. The quantitative estimate of drug-likeness (QED) is 0.170. The fraction of sp³-hybridized carbons (Fsp3) is 0.297. The molecular formula is C37H43N3O7S. The Kier molecular flexibility index (Phi) is 12.5. The van der Waals surface area contributed by atoms with Gasteiger partial charge >= 0.3 is 0 Å². The molecule has 0 fully saturated rings. The van der Waals surface area contributed by atoms with Crippen LogP contribution in [-0.4, -0.2) is 65.1 Å². The number of likely N-dealkylation sites (N-methyl/N-ethyl adjacent to an activating group) is 1. The molecule has 0 radical (unpaired) electrons. The SMILES string of the molecule is CCNC(=O)[C@H](Cc1ccccc1)N(Cc1ccccc1C)C(=O)CN(c1ccc(OCC)cc1)S(=O)(=O)c1ccc(OC)c(OC)c1. The van der Waals surface area contributed by atoms with Gasteiger partial charge in [-0.05, 0) is 73.9 Å². The molecule has 11 heteroatoms. The van der Waals surface area contributed by atoms with Crippen LogP contribution in [0.3, 0.4) is 0 Å². The van der Waals surface area contributed by atoms with Gasteiger partial charge in [0.25, 0.3) is 10.0 Å². The van der Waals surface area contributed by atoms with Crippen LogP contribution in [0, 0.1) is 6.92 Å². The van der Waals surface area contributed by atoms with Crippen molar-refractivity contribution in [2.24, 2.45) is 0 Å². The van der Waals surface area contributed by atoms with E-state index in [0.29, 0.717) is 24.7 Å². The summed E-state index contributed by atoms with van der Waals surface area (Å²) < 4.78 is 46.2. The van der Waals surface area contributed by atoms with Gasteiger partial charge in [-0.1, -0.05) is 54.6 Å². The maximum Gasteiger partial charge on any atom is 0.264 e. The first-order valence-corrected chi connectivity index (χ1v) is 17.2. The van der Waals surface area contributed by atoms with Gasteiger partial charge in [-0.3, -0.25) is 13.9 Å². The topological polar surface area (TPSA) is 114 Å². The molecule has 48 heavy (non-hydrogen) atoms. The van der Waals surface area contributed by atoms with E-state index in [2.05, 4.69) is 5.32 Å². The predicted octanol–water partition coefficient (Wildman–Crippen LogP) is 5.38. The van der Waals surface area contributed by atoms with E-state index >= 15 is 0 Å². The first-order chi connectivity index (χ1) is 23.1. The number of nitrogens with zero attached hydrogens (tertiary/aromatic N) is 2. The highest BCUT2D eigenvalue weighted by Gasteiger charge is 2.35. The van der Waals surface area contributed by atoms with Crippen molar-refractivity contribution >= 4 is 27.5 Å². The summed E-state index contributed by atoms with van der Waals surface area (Å²) in [7, 11) is -1.48. The molecule has 4 aromatic carbocycles. The fourth-order valence-corrected chi connectivity index (χ4v) is 6.76. The molecule has 0 saturated heterocycles. The molecule has 1 atom stereocenters. The highest BCUT2D eigenvalue weighted by Crippen LogP contribution is 2.33. The van der Waals surface area contributed by atoms with Gasteiger partial charge < -0.3 is 24.4 Å². The van der Waals surface area contributed by atoms with Gasteiger partial charge in [0.2, 0.25) is 11.8 Å². The molecule has 2 amide bonds. The van der Waals surface area contributed by atoms with Crippen molar-refractivity contribution in [1.82, 2.24) is 10.2 Å². The summed E-state index contributed by atoms with van der Waals surface area (Å²) in [5.41, 5.74) is 2.88. The Morgan fingerprint density at radius 1 is 0.833 bits per heavy atom. The van der Waals surface area contributed by atoms with Gasteiger partial charge in [0.05, 0.1) is 31.4 Å². The van der Waals surface area contributed by atoms with Crippen LogP contribution < -0.4 is 23.8 Å². The van der Waals surface area contributed by atoms with Gasteiger partial charge in [0, 0.05) is 25.6 Å². The third-order valence-corrected chi connectivity index (χ3v) is 9.65. The molecule has 0 aliphatic rings. The average Bonchev–Trinajstić information content (AvgIpc) is 3.10. The van der Waals surface area contributed by atoms with Crippen LogP contribution in [0.15, 0.2) is 102 Å². The predicted molar refractivity (Wildman–Crippen MR) is 186 cm³/mol. The molecule has 0 bridgehead atoms. The van der Waals surface area contributed by atoms with Crippen LogP contribution in [0.1, 0.15) is 30.5 Å². The molecule has 254 valence electrons. The number of sulfonamides is 1. The van der Waals surface area contributed by atoms with Crippen LogP contribution in [0.2, 0.25) is 0 Å². The lowest BCUT2D eigenvalue weighted by Crippen LogP contribution is -2.53. The Labute approximate surface area is 283 Å². The number of amides is 2. The average molecular weight is 674 g/mol. The molecule has 0 spiro atoms. The number of nitrogens with one attached hydrogen (secondary N) is 1. The zero-order chi connectivity index (χ0) is 34.7. The zero-order valence-electron chi connectivity index (χ0n) is 28.0. The summed E-state index contributed by atoms with van der Waals surface area (Å²) in [6.45, 7) is 5.90. The lowest BCUT2D eigenvalue weighted by molar-refractivity contribution is -0.140. The minimum Gasteiger partial charge on any atom is -0.494 e. The first kappa shape index (κ1) is 35.8. The second-order valence-corrected chi connectivity index (χ2v) is 12.9. The highest BCUT2D eigenvalue weighted by atomic mass is 32.2. The summed E-state index contributed by atoms with van der Waals surface area (Å²) >= 11 is 0. The number of benzene rings is 4. The van der Waals surface area contributed by atoms with E-state index < -0.39 is 28.5 Å².